The van der Waals surface area contributed by atoms with Crippen LogP contribution in [0.15, 0.2) is 65.6 Å². The summed E-state index contributed by atoms with van der Waals surface area (Å²) in [5, 5.41) is 5.30. The molecule has 0 spiro atoms. The lowest BCUT2D eigenvalue weighted by Gasteiger charge is -2.21. The maximum Gasteiger partial charge on any atom is 0.263 e. The van der Waals surface area contributed by atoms with E-state index < -0.39 is 17.3 Å². The van der Waals surface area contributed by atoms with Crippen molar-refractivity contribution in [2.75, 3.05) is 10.6 Å². The summed E-state index contributed by atoms with van der Waals surface area (Å²) in [6, 6.07) is 14.9. The highest BCUT2D eigenvalue weighted by molar-refractivity contribution is 6.04. The van der Waals surface area contributed by atoms with Gasteiger partial charge in [-0.1, -0.05) is 49.1 Å². The third-order valence-electron chi connectivity index (χ3n) is 6.16. The van der Waals surface area contributed by atoms with Gasteiger partial charge < -0.3 is 15.2 Å². The summed E-state index contributed by atoms with van der Waals surface area (Å²) in [5.41, 5.74) is 1.90. The largest absolute Gasteiger partial charge is 0.323 e. The van der Waals surface area contributed by atoms with E-state index in [9.17, 15) is 18.8 Å². The molecule has 2 amide bonds. The van der Waals surface area contributed by atoms with Crippen LogP contribution >= 0.6 is 0 Å². The van der Waals surface area contributed by atoms with Crippen molar-refractivity contribution in [3.8, 4) is 0 Å². The highest BCUT2D eigenvalue weighted by Crippen LogP contribution is 2.26. The number of aryl methyl sites for hydroxylation is 1. The molecule has 1 aliphatic carbocycles. The maximum atomic E-state index is 14.3. The van der Waals surface area contributed by atoms with Crippen molar-refractivity contribution < 1.29 is 14.0 Å². The summed E-state index contributed by atoms with van der Waals surface area (Å²) in [7, 11) is 0. The Balaban J connectivity index is 1.49. The molecule has 2 N–H and O–H groups in total. The number of carbonyl (C=O) groups excluding carboxylic acids is 2. The average molecular weight is 462 g/mol. The normalized spacial score (nSPS) is 13.9. The number of halogens is 1. The van der Waals surface area contributed by atoms with Gasteiger partial charge in [-0.3, -0.25) is 14.4 Å². The van der Waals surface area contributed by atoms with E-state index in [2.05, 4.69) is 10.6 Å². The van der Waals surface area contributed by atoms with Crippen molar-refractivity contribution in [1.82, 2.24) is 4.57 Å². The number of amides is 2. The van der Waals surface area contributed by atoms with E-state index in [1.54, 1.807) is 12.3 Å². The van der Waals surface area contributed by atoms with Crippen molar-refractivity contribution in [3.63, 3.8) is 0 Å². The number of pyridine rings is 1. The van der Waals surface area contributed by atoms with Gasteiger partial charge in [0, 0.05) is 17.8 Å². The highest BCUT2D eigenvalue weighted by atomic mass is 19.1. The van der Waals surface area contributed by atoms with Crippen LogP contribution in [0.2, 0.25) is 0 Å². The molecule has 0 aliphatic heterocycles. The molecule has 2 aromatic carbocycles. The minimum atomic E-state index is -0.597. The van der Waals surface area contributed by atoms with Gasteiger partial charge in [-0.05, 0) is 55.7 Å². The molecule has 3 aromatic rings. The smallest absolute Gasteiger partial charge is 0.263 e. The number of hydrogen-bond acceptors (Lipinski definition) is 3. The first-order valence-corrected chi connectivity index (χ1v) is 11.6. The molecule has 34 heavy (non-hydrogen) atoms. The van der Waals surface area contributed by atoms with Gasteiger partial charge in [0.05, 0.1) is 12.2 Å². The minimum absolute atomic E-state index is 0.0123. The zero-order valence-corrected chi connectivity index (χ0v) is 19.1. The topological polar surface area (TPSA) is 80.2 Å². The van der Waals surface area contributed by atoms with Crippen LogP contribution < -0.4 is 16.2 Å². The van der Waals surface area contributed by atoms with Crippen molar-refractivity contribution in [1.29, 1.82) is 0 Å². The number of rotatable bonds is 6. The van der Waals surface area contributed by atoms with E-state index in [0.29, 0.717) is 12.2 Å². The van der Waals surface area contributed by atoms with Crippen LogP contribution in [-0.2, 0) is 11.3 Å². The first-order chi connectivity index (χ1) is 16.4. The summed E-state index contributed by atoms with van der Waals surface area (Å²) < 4.78 is 15.8. The molecule has 6 nitrogen and oxygen atoms in total. The van der Waals surface area contributed by atoms with Crippen LogP contribution in [-0.4, -0.2) is 16.4 Å². The van der Waals surface area contributed by atoms with Gasteiger partial charge in [0.15, 0.2) is 0 Å². The molecule has 176 valence electrons. The number of benzene rings is 2. The molecular weight excluding hydrogens is 433 g/mol. The second-order valence-electron chi connectivity index (χ2n) is 8.82. The molecule has 4 rings (SSSR count). The molecule has 0 bridgehead atoms. The average Bonchev–Trinajstić information content (AvgIpc) is 2.83. The fourth-order valence-electron chi connectivity index (χ4n) is 4.34. The third-order valence-corrected chi connectivity index (χ3v) is 6.16. The number of anilines is 2. The van der Waals surface area contributed by atoms with Crippen LogP contribution in [0.25, 0.3) is 0 Å². The van der Waals surface area contributed by atoms with Gasteiger partial charge in [0.1, 0.15) is 11.4 Å². The standard InChI is InChI=1S/C27H28FN3O3/c1-18-7-5-8-19(15-18)17-31-14-6-11-22(27(31)34)26(33)29-21-12-13-23(28)24(16-21)30-25(32)20-9-3-2-4-10-20/h5-8,11-16,20H,2-4,9-10,17H2,1H3,(H,29,33)(H,30,32). The fraction of sp³-hybridized carbons (Fsp3) is 0.296. The second-order valence-corrected chi connectivity index (χ2v) is 8.82. The lowest BCUT2D eigenvalue weighted by Crippen LogP contribution is -2.29. The molecular formula is C27H28FN3O3. The highest BCUT2D eigenvalue weighted by Gasteiger charge is 2.22. The van der Waals surface area contributed by atoms with Gasteiger partial charge in [-0.15, -0.1) is 0 Å². The third kappa shape index (κ3) is 5.60. The summed E-state index contributed by atoms with van der Waals surface area (Å²) in [6.45, 7) is 2.32. The summed E-state index contributed by atoms with van der Waals surface area (Å²) >= 11 is 0. The molecule has 0 saturated heterocycles. The van der Waals surface area contributed by atoms with E-state index in [1.165, 1.54) is 28.8 Å². The van der Waals surface area contributed by atoms with Gasteiger partial charge in [0.2, 0.25) is 5.91 Å². The van der Waals surface area contributed by atoms with E-state index in [0.717, 1.165) is 43.2 Å². The predicted molar refractivity (Wildman–Crippen MR) is 131 cm³/mol. The zero-order chi connectivity index (χ0) is 24.1. The SMILES string of the molecule is Cc1cccc(Cn2cccc(C(=O)Nc3ccc(F)c(NC(=O)C4CCCCC4)c3)c2=O)c1. The first-order valence-electron chi connectivity index (χ1n) is 11.6. The molecule has 1 fully saturated rings. The Bertz CT molecular complexity index is 1260. The number of carbonyl (C=O) groups is 2. The van der Waals surface area contributed by atoms with E-state index in [-0.39, 0.29) is 23.1 Å². The Morgan fingerprint density at radius 2 is 1.79 bits per heavy atom. The number of nitrogens with one attached hydrogen (secondary N) is 2. The Kier molecular flexibility index (Phi) is 7.21. The zero-order valence-electron chi connectivity index (χ0n) is 19.1. The predicted octanol–water partition coefficient (Wildman–Crippen LogP) is 5.12. The van der Waals surface area contributed by atoms with Crippen LogP contribution in [0.1, 0.15) is 53.6 Å². The first kappa shape index (κ1) is 23.4. The fourth-order valence-corrected chi connectivity index (χ4v) is 4.34. The summed E-state index contributed by atoms with van der Waals surface area (Å²) in [4.78, 5) is 38.3. The van der Waals surface area contributed by atoms with Gasteiger partial charge in [-0.25, -0.2) is 4.39 Å². The molecule has 0 unspecified atom stereocenters. The summed E-state index contributed by atoms with van der Waals surface area (Å²) in [6.07, 6.45) is 6.34. The van der Waals surface area contributed by atoms with Crippen LogP contribution in [0.4, 0.5) is 15.8 Å². The van der Waals surface area contributed by atoms with Crippen molar-refractivity contribution in [2.24, 2.45) is 5.92 Å². The van der Waals surface area contributed by atoms with Crippen LogP contribution in [0.3, 0.4) is 0 Å². The number of nitrogens with zero attached hydrogens (tertiary/aromatic N) is 1. The number of hydrogen-bond donors (Lipinski definition) is 2. The lowest BCUT2D eigenvalue weighted by atomic mass is 9.88. The van der Waals surface area contributed by atoms with Crippen molar-refractivity contribution >= 4 is 23.2 Å². The Hall–Kier alpha value is -3.74. The molecule has 7 heteroatoms. The summed E-state index contributed by atoms with van der Waals surface area (Å²) in [5.74, 6) is -1.51. The van der Waals surface area contributed by atoms with E-state index in [1.807, 2.05) is 31.2 Å². The van der Waals surface area contributed by atoms with Gasteiger partial charge in [-0.2, -0.15) is 0 Å². The van der Waals surface area contributed by atoms with E-state index >= 15 is 0 Å². The van der Waals surface area contributed by atoms with Crippen LogP contribution in [0.5, 0.6) is 0 Å². The van der Waals surface area contributed by atoms with Crippen molar-refractivity contribution in [3.05, 3.63) is 93.7 Å². The monoisotopic (exact) mass is 461 g/mol. The lowest BCUT2D eigenvalue weighted by molar-refractivity contribution is -0.120. The second kappa shape index (κ2) is 10.5. The van der Waals surface area contributed by atoms with E-state index in [4.69, 9.17) is 0 Å². The minimum Gasteiger partial charge on any atom is -0.323 e. The molecule has 1 aromatic heterocycles. The Morgan fingerprint density at radius 3 is 2.56 bits per heavy atom. The van der Waals surface area contributed by atoms with Gasteiger partial charge >= 0.3 is 0 Å². The van der Waals surface area contributed by atoms with Gasteiger partial charge in [0.25, 0.3) is 11.5 Å². The number of aromatic nitrogens is 1. The van der Waals surface area contributed by atoms with Crippen LogP contribution in [0, 0.1) is 18.7 Å². The molecule has 1 aliphatic rings. The Morgan fingerprint density at radius 1 is 1.00 bits per heavy atom. The maximum absolute atomic E-state index is 14.3. The molecule has 1 saturated carbocycles. The molecule has 0 radical (unpaired) electrons. The Labute approximate surface area is 197 Å². The molecule has 0 atom stereocenters. The molecule has 1 heterocycles. The van der Waals surface area contributed by atoms with Crippen molar-refractivity contribution in [2.45, 2.75) is 45.6 Å². The quantitative estimate of drug-likeness (QED) is 0.535.